The molecule has 0 saturated heterocycles. The SMILES string of the molecule is CCCS(=O)(=O)NCc1ccc(C(O)c2ccco2)s1. The maximum Gasteiger partial charge on any atom is 0.211 e. The van der Waals surface area contributed by atoms with E-state index >= 15 is 0 Å². The van der Waals surface area contributed by atoms with Crippen LogP contribution in [-0.2, 0) is 16.6 Å². The van der Waals surface area contributed by atoms with Gasteiger partial charge in [0.05, 0.1) is 12.0 Å². The maximum absolute atomic E-state index is 11.6. The van der Waals surface area contributed by atoms with Gasteiger partial charge >= 0.3 is 0 Å². The summed E-state index contributed by atoms with van der Waals surface area (Å²) in [6.07, 6.45) is 1.28. The van der Waals surface area contributed by atoms with Crippen molar-refractivity contribution in [3.8, 4) is 0 Å². The van der Waals surface area contributed by atoms with Crippen LogP contribution in [0.3, 0.4) is 0 Å². The maximum atomic E-state index is 11.6. The van der Waals surface area contributed by atoms with Gasteiger partial charge in [0.2, 0.25) is 10.0 Å². The van der Waals surface area contributed by atoms with E-state index in [4.69, 9.17) is 4.42 Å². The number of thiophene rings is 1. The Kier molecular flexibility index (Phi) is 4.98. The molecular formula is C13H17NO4S2. The Morgan fingerprint density at radius 1 is 1.40 bits per heavy atom. The predicted octanol–water partition coefficient (Wildman–Crippen LogP) is 2.25. The van der Waals surface area contributed by atoms with Crippen LogP contribution in [0.5, 0.6) is 0 Å². The van der Waals surface area contributed by atoms with Gasteiger partial charge in [-0.1, -0.05) is 6.92 Å². The minimum atomic E-state index is -3.21. The summed E-state index contributed by atoms with van der Waals surface area (Å²) in [5.74, 6) is 0.602. The van der Waals surface area contributed by atoms with Crippen molar-refractivity contribution in [2.75, 3.05) is 5.75 Å². The number of rotatable bonds is 7. The fourth-order valence-corrected chi connectivity index (χ4v) is 3.84. The van der Waals surface area contributed by atoms with Crippen LogP contribution in [-0.4, -0.2) is 19.3 Å². The van der Waals surface area contributed by atoms with Gasteiger partial charge in [-0.15, -0.1) is 11.3 Å². The molecule has 2 aromatic rings. The number of furan rings is 1. The summed E-state index contributed by atoms with van der Waals surface area (Å²) in [5, 5.41) is 10.1. The number of aliphatic hydroxyl groups excluding tert-OH is 1. The molecule has 1 unspecified atom stereocenters. The average Bonchev–Trinajstić information content (AvgIpc) is 3.07. The molecule has 2 N–H and O–H groups in total. The van der Waals surface area contributed by atoms with Gasteiger partial charge in [0, 0.05) is 16.3 Å². The zero-order chi connectivity index (χ0) is 14.6. The van der Waals surface area contributed by atoms with E-state index in [-0.39, 0.29) is 12.3 Å². The van der Waals surface area contributed by atoms with Crippen LogP contribution < -0.4 is 4.72 Å². The molecule has 5 nitrogen and oxygen atoms in total. The Balaban J connectivity index is 1.99. The fraction of sp³-hybridized carbons (Fsp3) is 0.385. The largest absolute Gasteiger partial charge is 0.466 e. The Morgan fingerprint density at radius 2 is 2.20 bits per heavy atom. The third kappa shape index (κ3) is 3.92. The number of hydrogen-bond donors (Lipinski definition) is 2. The van der Waals surface area contributed by atoms with E-state index in [1.54, 1.807) is 24.3 Å². The lowest BCUT2D eigenvalue weighted by Gasteiger charge is -2.05. The van der Waals surface area contributed by atoms with Crippen molar-refractivity contribution < 1.29 is 17.9 Å². The van der Waals surface area contributed by atoms with Crippen LogP contribution in [0.15, 0.2) is 34.9 Å². The molecule has 1 atom stereocenters. The first-order valence-corrected chi connectivity index (χ1v) is 8.76. The van der Waals surface area contributed by atoms with Gasteiger partial charge in [0.15, 0.2) is 0 Å². The van der Waals surface area contributed by atoms with Crippen molar-refractivity contribution in [3.05, 3.63) is 46.0 Å². The summed E-state index contributed by atoms with van der Waals surface area (Å²) in [5.41, 5.74) is 0. The number of hydrogen-bond acceptors (Lipinski definition) is 5. The molecule has 2 rings (SSSR count). The average molecular weight is 315 g/mol. The molecule has 2 heterocycles. The minimum Gasteiger partial charge on any atom is -0.466 e. The molecule has 7 heteroatoms. The lowest BCUT2D eigenvalue weighted by molar-refractivity contribution is 0.193. The van der Waals surface area contributed by atoms with Crippen molar-refractivity contribution in [1.82, 2.24) is 4.72 Å². The molecule has 2 aromatic heterocycles. The van der Waals surface area contributed by atoms with Crippen molar-refractivity contribution in [3.63, 3.8) is 0 Å². The van der Waals surface area contributed by atoms with Gasteiger partial charge in [-0.05, 0) is 30.7 Å². The van der Waals surface area contributed by atoms with Gasteiger partial charge in [-0.3, -0.25) is 0 Å². The zero-order valence-corrected chi connectivity index (χ0v) is 12.7. The lowest BCUT2D eigenvalue weighted by Crippen LogP contribution is -2.25. The van der Waals surface area contributed by atoms with Crippen LogP contribution >= 0.6 is 11.3 Å². The Bertz CT molecular complexity index is 631. The van der Waals surface area contributed by atoms with Crippen molar-refractivity contribution in [2.24, 2.45) is 0 Å². The van der Waals surface area contributed by atoms with E-state index in [0.717, 1.165) is 9.75 Å². The summed E-state index contributed by atoms with van der Waals surface area (Å²) in [6.45, 7) is 2.07. The number of nitrogens with one attached hydrogen (secondary N) is 1. The van der Waals surface area contributed by atoms with Gasteiger partial charge < -0.3 is 9.52 Å². The number of aliphatic hydroxyl groups is 1. The highest BCUT2D eigenvalue weighted by Gasteiger charge is 2.16. The molecule has 0 bridgehead atoms. The molecule has 0 radical (unpaired) electrons. The third-order valence-corrected chi connectivity index (χ3v) is 5.37. The van der Waals surface area contributed by atoms with E-state index in [9.17, 15) is 13.5 Å². The monoisotopic (exact) mass is 315 g/mol. The predicted molar refractivity (Wildman–Crippen MR) is 78.0 cm³/mol. The second-order valence-electron chi connectivity index (χ2n) is 4.36. The van der Waals surface area contributed by atoms with Crippen LogP contribution in [0, 0.1) is 0 Å². The fourth-order valence-electron chi connectivity index (χ4n) is 1.75. The summed E-state index contributed by atoms with van der Waals surface area (Å²) >= 11 is 1.36. The smallest absolute Gasteiger partial charge is 0.211 e. The second kappa shape index (κ2) is 6.53. The Hall–Kier alpha value is -1.15. The zero-order valence-electron chi connectivity index (χ0n) is 11.1. The molecule has 20 heavy (non-hydrogen) atoms. The summed E-state index contributed by atoms with van der Waals surface area (Å²) < 4.78 is 30.8. The standard InChI is InChI=1S/C13H17NO4S2/c1-2-8-20(16,17)14-9-10-5-6-12(19-10)13(15)11-4-3-7-18-11/h3-7,13-15H,2,8-9H2,1H3. The molecule has 0 aliphatic rings. The summed E-state index contributed by atoms with van der Waals surface area (Å²) in [6, 6.07) is 7.00. The summed E-state index contributed by atoms with van der Waals surface area (Å²) in [7, 11) is -3.21. The van der Waals surface area contributed by atoms with E-state index in [2.05, 4.69) is 4.72 Å². The molecular weight excluding hydrogens is 298 g/mol. The van der Waals surface area contributed by atoms with E-state index in [0.29, 0.717) is 12.2 Å². The Labute approximate surface area is 122 Å². The molecule has 0 aliphatic carbocycles. The molecule has 0 fully saturated rings. The molecule has 0 aliphatic heterocycles. The quantitative estimate of drug-likeness (QED) is 0.821. The van der Waals surface area contributed by atoms with Gasteiger partial charge in [-0.2, -0.15) is 0 Å². The highest BCUT2D eigenvalue weighted by molar-refractivity contribution is 7.89. The highest BCUT2D eigenvalue weighted by Crippen LogP contribution is 2.28. The van der Waals surface area contributed by atoms with Crippen LogP contribution in [0.4, 0.5) is 0 Å². The third-order valence-electron chi connectivity index (χ3n) is 2.70. The van der Waals surface area contributed by atoms with E-state index < -0.39 is 16.1 Å². The van der Waals surface area contributed by atoms with Gasteiger partial charge in [-0.25, -0.2) is 13.1 Å². The molecule has 0 spiro atoms. The molecule has 0 amide bonds. The van der Waals surface area contributed by atoms with E-state index in [1.807, 2.05) is 6.92 Å². The topological polar surface area (TPSA) is 79.5 Å². The van der Waals surface area contributed by atoms with Crippen molar-refractivity contribution >= 4 is 21.4 Å². The van der Waals surface area contributed by atoms with Crippen LogP contribution in [0.25, 0.3) is 0 Å². The first-order chi connectivity index (χ1) is 9.52. The minimum absolute atomic E-state index is 0.125. The van der Waals surface area contributed by atoms with Gasteiger partial charge in [0.1, 0.15) is 11.9 Å². The van der Waals surface area contributed by atoms with Crippen LogP contribution in [0.2, 0.25) is 0 Å². The van der Waals surface area contributed by atoms with E-state index in [1.165, 1.54) is 17.6 Å². The second-order valence-corrected chi connectivity index (χ2v) is 7.49. The van der Waals surface area contributed by atoms with Crippen molar-refractivity contribution in [2.45, 2.75) is 26.0 Å². The molecule has 110 valence electrons. The van der Waals surface area contributed by atoms with Crippen LogP contribution in [0.1, 0.15) is 35.0 Å². The first kappa shape index (κ1) is 15.2. The lowest BCUT2D eigenvalue weighted by atomic mass is 10.2. The summed E-state index contributed by atoms with van der Waals surface area (Å²) in [4.78, 5) is 1.58. The normalized spacial score (nSPS) is 13.5. The molecule has 0 aromatic carbocycles. The van der Waals surface area contributed by atoms with Crippen molar-refractivity contribution in [1.29, 1.82) is 0 Å². The number of sulfonamides is 1. The highest BCUT2D eigenvalue weighted by atomic mass is 32.2. The molecule has 0 saturated carbocycles. The Morgan fingerprint density at radius 3 is 2.85 bits per heavy atom. The first-order valence-electron chi connectivity index (χ1n) is 6.29. The van der Waals surface area contributed by atoms with Gasteiger partial charge in [0.25, 0.3) is 0 Å².